The number of carbonyl (C=O) groups excluding carboxylic acids is 1. The molecule has 0 heterocycles. The molecule has 0 fully saturated rings. The van der Waals surface area contributed by atoms with Crippen LogP contribution in [0.1, 0.15) is 48.3 Å². The summed E-state index contributed by atoms with van der Waals surface area (Å²) in [7, 11) is -1.32. The van der Waals surface area contributed by atoms with Crippen LogP contribution in [0.3, 0.4) is 0 Å². The largest absolute Gasteiger partial charge is 0.294 e. The Morgan fingerprint density at radius 2 is 1.33 bits per heavy atom. The maximum absolute atomic E-state index is 13.7. The molecule has 0 aliphatic carbocycles. The Hall–Kier alpha value is -2.56. The fourth-order valence-electron chi connectivity index (χ4n) is 3.38. The zero-order valence-electron chi connectivity index (χ0n) is 17.7. The van der Waals surface area contributed by atoms with E-state index in [0.29, 0.717) is 12.0 Å². The smallest absolute Gasteiger partial charge is 0.168 e. The number of hydrogen-bond acceptors (Lipinski definition) is 2. The van der Waals surface area contributed by atoms with Gasteiger partial charge in [0.1, 0.15) is 0 Å². The molecule has 0 aliphatic rings. The molecular formula is C26H29NO2S. The molecule has 1 N–H and O–H groups in total. The number of rotatable bonds is 8. The van der Waals surface area contributed by atoms with Gasteiger partial charge in [-0.1, -0.05) is 91.0 Å². The van der Waals surface area contributed by atoms with E-state index in [9.17, 15) is 9.00 Å². The number of nitrogens with one attached hydrogen (secondary N) is 1. The highest BCUT2D eigenvalue weighted by molar-refractivity contribution is 7.84. The van der Waals surface area contributed by atoms with E-state index < -0.39 is 21.7 Å². The maximum atomic E-state index is 13.7. The van der Waals surface area contributed by atoms with Crippen molar-refractivity contribution in [2.75, 3.05) is 0 Å². The first-order valence-corrected chi connectivity index (χ1v) is 11.4. The molecule has 0 bridgehead atoms. The summed E-state index contributed by atoms with van der Waals surface area (Å²) in [5.41, 5.74) is 2.71. The molecule has 3 nitrogen and oxygen atoms in total. The van der Waals surface area contributed by atoms with Gasteiger partial charge < -0.3 is 0 Å². The van der Waals surface area contributed by atoms with Crippen molar-refractivity contribution in [2.24, 2.45) is 5.92 Å². The number of hydrogen-bond donors (Lipinski definition) is 1. The monoisotopic (exact) mass is 419 g/mol. The van der Waals surface area contributed by atoms with E-state index in [-0.39, 0.29) is 11.8 Å². The summed E-state index contributed by atoms with van der Waals surface area (Å²) in [4.78, 5) is 13.7. The molecule has 3 rings (SSSR count). The molecule has 1 unspecified atom stereocenters. The maximum Gasteiger partial charge on any atom is 0.168 e. The molecule has 0 saturated heterocycles. The summed E-state index contributed by atoms with van der Waals surface area (Å²) in [5.74, 6) is -0.352. The summed E-state index contributed by atoms with van der Waals surface area (Å²) in [6, 6.07) is 28.9. The second kappa shape index (κ2) is 9.96. The molecule has 0 saturated carbocycles. The van der Waals surface area contributed by atoms with Gasteiger partial charge >= 0.3 is 0 Å². The highest BCUT2D eigenvalue weighted by atomic mass is 32.2. The van der Waals surface area contributed by atoms with Crippen molar-refractivity contribution in [3.05, 3.63) is 108 Å². The van der Waals surface area contributed by atoms with Crippen LogP contribution >= 0.6 is 0 Å². The van der Waals surface area contributed by atoms with Crippen LogP contribution in [0.4, 0.5) is 0 Å². The topological polar surface area (TPSA) is 46.2 Å². The Kier molecular flexibility index (Phi) is 7.35. The summed E-state index contributed by atoms with van der Waals surface area (Å²) in [5, 5.41) is 0. The number of ketones is 1. The third-order valence-electron chi connectivity index (χ3n) is 5.04. The molecule has 156 valence electrons. The van der Waals surface area contributed by atoms with Crippen molar-refractivity contribution in [2.45, 2.75) is 38.0 Å². The van der Waals surface area contributed by atoms with Gasteiger partial charge in [0, 0.05) is 11.5 Å². The zero-order chi connectivity index (χ0) is 21.6. The Labute approximate surface area is 182 Å². The normalized spacial score (nSPS) is 14.6. The van der Waals surface area contributed by atoms with Gasteiger partial charge in [0.25, 0.3) is 0 Å². The molecule has 0 aliphatic heterocycles. The second-order valence-corrected chi connectivity index (χ2v) is 10.4. The van der Waals surface area contributed by atoms with Gasteiger partial charge in [-0.15, -0.1) is 0 Å². The highest BCUT2D eigenvalue weighted by Crippen LogP contribution is 2.30. The molecule has 0 spiro atoms. The van der Waals surface area contributed by atoms with E-state index >= 15 is 0 Å². The lowest BCUT2D eigenvalue weighted by atomic mass is 9.83. The van der Waals surface area contributed by atoms with Crippen LogP contribution < -0.4 is 4.72 Å². The summed E-state index contributed by atoms with van der Waals surface area (Å²) >= 11 is 0. The standard InChI is InChI=1S/C26H29NO2S/c1-26(2,3)30(29)27-24(21-15-9-5-10-16-21)23(19-20-13-7-4-8-14-20)25(28)22-17-11-6-12-18-22/h4-18,23-24,27H,19H2,1-3H3/t23-,24+,30?/m1/s1. The van der Waals surface area contributed by atoms with Gasteiger partial charge in [0.15, 0.2) is 5.78 Å². The minimum absolute atomic E-state index is 0.0479. The highest BCUT2D eigenvalue weighted by Gasteiger charge is 2.33. The van der Waals surface area contributed by atoms with Crippen LogP contribution in [0.2, 0.25) is 0 Å². The van der Waals surface area contributed by atoms with Crippen LogP contribution in [-0.4, -0.2) is 14.7 Å². The Morgan fingerprint density at radius 1 is 0.833 bits per heavy atom. The molecule has 0 aromatic heterocycles. The van der Waals surface area contributed by atoms with E-state index in [1.54, 1.807) is 0 Å². The first-order valence-electron chi connectivity index (χ1n) is 10.2. The van der Waals surface area contributed by atoms with Gasteiger partial charge in [0.2, 0.25) is 0 Å². The van der Waals surface area contributed by atoms with Gasteiger partial charge in [-0.25, -0.2) is 8.93 Å². The molecule has 0 amide bonds. The van der Waals surface area contributed by atoms with Gasteiger partial charge in [-0.2, -0.15) is 0 Å². The van der Waals surface area contributed by atoms with E-state index in [1.165, 1.54) is 0 Å². The predicted octanol–water partition coefficient (Wildman–Crippen LogP) is 5.52. The van der Waals surface area contributed by atoms with Crippen LogP contribution in [0.25, 0.3) is 0 Å². The van der Waals surface area contributed by atoms with E-state index in [2.05, 4.69) is 4.72 Å². The molecule has 3 aromatic rings. The van der Waals surface area contributed by atoms with Gasteiger partial charge in [-0.05, 0) is 38.3 Å². The predicted molar refractivity (Wildman–Crippen MR) is 125 cm³/mol. The fourth-order valence-corrected chi connectivity index (χ4v) is 4.27. The quantitative estimate of drug-likeness (QED) is 0.489. The lowest BCUT2D eigenvalue weighted by molar-refractivity contribution is 0.0895. The Balaban J connectivity index is 2.05. The average Bonchev–Trinajstić information content (AvgIpc) is 2.76. The Morgan fingerprint density at radius 3 is 1.87 bits per heavy atom. The van der Waals surface area contributed by atoms with E-state index in [0.717, 1.165) is 11.1 Å². The van der Waals surface area contributed by atoms with Crippen LogP contribution in [0, 0.1) is 5.92 Å². The summed E-state index contributed by atoms with van der Waals surface area (Å²) < 4.78 is 15.9. The molecule has 4 heteroatoms. The third kappa shape index (κ3) is 5.74. The van der Waals surface area contributed by atoms with Crippen molar-refractivity contribution in [3.63, 3.8) is 0 Å². The van der Waals surface area contributed by atoms with Crippen molar-refractivity contribution in [1.29, 1.82) is 0 Å². The molecule has 0 radical (unpaired) electrons. The van der Waals surface area contributed by atoms with E-state index in [4.69, 9.17) is 0 Å². The van der Waals surface area contributed by atoms with Crippen LogP contribution in [0.5, 0.6) is 0 Å². The average molecular weight is 420 g/mol. The molecular weight excluding hydrogens is 390 g/mol. The minimum Gasteiger partial charge on any atom is -0.294 e. The van der Waals surface area contributed by atoms with Crippen molar-refractivity contribution < 1.29 is 9.00 Å². The summed E-state index contributed by atoms with van der Waals surface area (Å²) in [6.45, 7) is 5.80. The first-order chi connectivity index (χ1) is 14.4. The van der Waals surface area contributed by atoms with Crippen LogP contribution in [-0.2, 0) is 17.4 Å². The van der Waals surface area contributed by atoms with Crippen molar-refractivity contribution >= 4 is 16.8 Å². The summed E-state index contributed by atoms with van der Waals surface area (Å²) in [6.07, 6.45) is 0.558. The van der Waals surface area contributed by atoms with Crippen molar-refractivity contribution in [1.82, 2.24) is 4.72 Å². The fraction of sp³-hybridized carbons (Fsp3) is 0.269. The van der Waals surface area contributed by atoms with Crippen LogP contribution in [0.15, 0.2) is 91.0 Å². The SMILES string of the molecule is CC(C)(C)S(=O)N[C@@H](c1ccccc1)[C@@H](Cc1ccccc1)C(=O)c1ccccc1. The zero-order valence-corrected chi connectivity index (χ0v) is 18.6. The molecule has 30 heavy (non-hydrogen) atoms. The van der Waals surface area contributed by atoms with E-state index in [1.807, 2.05) is 112 Å². The number of benzene rings is 3. The number of carbonyl (C=O) groups is 1. The lowest BCUT2D eigenvalue weighted by Gasteiger charge is -2.30. The minimum atomic E-state index is -1.32. The van der Waals surface area contributed by atoms with Gasteiger partial charge in [-0.3, -0.25) is 4.79 Å². The van der Waals surface area contributed by atoms with Gasteiger partial charge in [0.05, 0.1) is 21.8 Å². The first kappa shape index (κ1) is 22.1. The number of Topliss-reactive ketones (excluding diaryl/α,β-unsaturated/α-hetero) is 1. The molecule has 3 aromatic carbocycles. The second-order valence-electron chi connectivity index (χ2n) is 8.41. The Bertz CT molecular complexity index is 966. The molecule has 3 atom stereocenters. The van der Waals surface area contributed by atoms with Crippen molar-refractivity contribution in [3.8, 4) is 0 Å². The lowest BCUT2D eigenvalue weighted by Crippen LogP contribution is -2.41. The third-order valence-corrected chi connectivity index (χ3v) is 6.63.